The molecule has 4 rings (SSSR count). The third kappa shape index (κ3) is 4.84. The summed E-state index contributed by atoms with van der Waals surface area (Å²) in [7, 11) is 1.60. The molecule has 0 unspecified atom stereocenters. The van der Waals surface area contributed by atoms with Gasteiger partial charge in [0.25, 0.3) is 0 Å². The van der Waals surface area contributed by atoms with E-state index in [2.05, 4.69) is 20.6 Å². The maximum atomic E-state index is 12.1. The minimum absolute atomic E-state index is 0.106. The van der Waals surface area contributed by atoms with Gasteiger partial charge in [0.2, 0.25) is 5.91 Å². The number of carbonyl (C=O) groups excluding carboxylic acids is 1. The normalized spacial score (nSPS) is 10.6. The summed E-state index contributed by atoms with van der Waals surface area (Å²) >= 11 is 1.34. The fraction of sp³-hybridized carbons (Fsp3) is 0.0909. The summed E-state index contributed by atoms with van der Waals surface area (Å²) < 4.78 is 6.91. The molecule has 0 radical (unpaired) electrons. The zero-order valence-electron chi connectivity index (χ0n) is 16.2. The van der Waals surface area contributed by atoms with Gasteiger partial charge in [-0.05, 0) is 54.6 Å². The van der Waals surface area contributed by atoms with Gasteiger partial charge in [-0.3, -0.25) is 4.79 Å². The van der Waals surface area contributed by atoms with Crippen LogP contribution in [0.1, 0.15) is 0 Å². The van der Waals surface area contributed by atoms with E-state index in [0.717, 1.165) is 28.4 Å². The molecule has 0 spiro atoms. The number of nitrogens with one attached hydrogen (secondary N) is 1. The number of rotatable bonds is 7. The molecule has 1 N–H and O–H groups in total. The van der Waals surface area contributed by atoms with Gasteiger partial charge < -0.3 is 10.1 Å². The van der Waals surface area contributed by atoms with Crippen molar-refractivity contribution >= 4 is 23.4 Å². The first kappa shape index (κ1) is 19.7. The van der Waals surface area contributed by atoms with E-state index in [1.54, 1.807) is 42.3 Å². The van der Waals surface area contributed by atoms with E-state index in [-0.39, 0.29) is 11.7 Å². The predicted molar refractivity (Wildman–Crippen MR) is 117 cm³/mol. The van der Waals surface area contributed by atoms with Crippen LogP contribution in [0.4, 0.5) is 5.69 Å². The van der Waals surface area contributed by atoms with Crippen LogP contribution < -0.4 is 10.1 Å². The minimum atomic E-state index is -0.106. The third-order valence-corrected chi connectivity index (χ3v) is 5.22. The molecule has 0 saturated heterocycles. The van der Waals surface area contributed by atoms with Gasteiger partial charge in [0.15, 0.2) is 0 Å². The SMILES string of the molecule is COc1ccc(NC(=O)CSc2ccc(-c3ccc(-n4cccn4)cc3)nn2)cc1. The molecule has 0 aliphatic carbocycles. The van der Waals surface area contributed by atoms with Gasteiger partial charge in [0.05, 0.1) is 24.2 Å². The summed E-state index contributed by atoms with van der Waals surface area (Å²) in [4.78, 5) is 12.1. The second kappa shape index (κ2) is 9.23. The van der Waals surface area contributed by atoms with Crippen LogP contribution >= 0.6 is 11.8 Å². The maximum absolute atomic E-state index is 12.1. The first-order chi connectivity index (χ1) is 14.7. The Morgan fingerprint density at radius 3 is 2.47 bits per heavy atom. The van der Waals surface area contributed by atoms with Crippen LogP contribution in [0.3, 0.4) is 0 Å². The molecule has 2 heterocycles. The second-order valence-corrected chi connectivity index (χ2v) is 7.32. The number of methoxy groups -OCH3 is 1. The van der Waals surface area contributed by atoms with Crippen LogP contribution in [0.25, 0.3) is 16.9 Å². The van der Waals surface area contributed by atoms with Crippen LogP contribution in [-0.4, -0.2) is 38.7 Å². The lowest BCUT2D eigenvalue weighted by Crippen LogP contribution is -2.14. The van der Waals surface area contributed by atoms with Crippen molar-refractivity contribution in [3.63, 3.8) is 0 Å². The first-order valence-electron chi connectivity index (χ1n) is 9.22. The molecule has 1 amide bonds. The van der Waals surface area contributed by atoms with Gasteiger partial charge in [-0.2, -0.15) is 5.10 Å². The number of anilines is 1. The molecule has 0 saturated carbocycles. The number of thioether (sulfide) groups is 1. The molecule has 8 heteroatoms. The van der Waals surface area contributed by atoms with Crippen molar-refractivity contribution in [1.82, 2.24) is 20.0 Å². The number of benzene rings is 2. The highest BCUT2D eigenvalue weighted by Crippen LogP contribution is 2.22. The van der Waals surface area contributed by atoms with Gasteiger partial charge in [0, 0.05) is 23.6 Å². The molecule has 0 aliphatic rings. The summed E-state index contributed by atoms with van der Waals surface area (Å²) in [5, 5.41) is 16.3. The molecule has 2 aromatic heterocycles. The van der Waals surface area contributed by atoms with Crippen molar-refractivity contribution in [2.45, 2.75) is 5.03 Å². The van der Waals surface area contributed by atoms with Crippen LogP contribution in [0.5, 0.6) is 5.75 Å². The van der Waals surface area contributed by atoms with Crippen molar-refractivity contribution in [2.75, 3.05) is 18.2 Å². The molecule has 0 fully saturated rings. The summed E-state index contributed by atoms with van der Waals surface area (Å²) in [6.45, 7) is 0. The Kier molecular flexibility index (Phi) is 6.05. The monoisotopic (exact) mass is 417 g/mol. The lowest BCUT2D eigenvalue weighted by molar-refractivity contribution is -0.113. The smallest absolute Gasteiger partial charge is 0.234 e. The number of ether oxygens (including phenoxy) is 1. The van der Waals surface area contributed by atoms with Crippen molar-refractivity contribution in [3.8, 4) is 22.7 Å². The molecule has 0 aliphatic heterocycles. The number of amides is 1. The first-order valence-corrected chi connectivity index (χ1v) is 10.2. The number of carbonyl (C=O) groups is 1. The van der Waals surface area contributed by atoms with Crippen LogP contribution in [0.15, 0.2) is 84.1 Å². The van der Waals surface area contributed by atoms with E-state index >= 15 is 0 Å². The standard InChI is InChI=1S/C22H19N5O2S/c1-29-19-9-5-17(6-10-19)24-21(28)15-30-22-12-11-20(25-26-22)16-3-7-18(8-4-16)27-14-2-13-23-27/h2-14H,15H2,1H3,(H,24,28). The van der Waals surface area contributed by atoms with Crippen molar-refractivity contribution in [1.29, 1.82) is 0 Å². The number of nitrogens with zero attached hydrogens (tertiary/aromatic N) is 4. The van der Waals surface area contributed by atoms with Gasteiger partial charge >= 0.3 is 0 Å². The molecule has 0 atom stereocenters. The molecule has 0 bridgehead atoms. The minimum Gasteiger partial charge on any atom is -0.497 e. The topological polar surface area (TPSA) is 81.9 Å². The van der Waals surface area contributed by atoms with E-state index in [0.29, 0.717) is 5.03 Å². The average molecular weight is 417 g/mol. The largest absolute Gasteiger partial charge is 0.497 e. The van der Waals surface area contributed by atoms with Crippen LogP contribution in [-0.2, 0) is 4.79 Å². The lowest BCUT2D eigenvalue weighted by Gasteiger charge is -2.06. The van der Waals surface area contributed by atoms with Crippen molar-refractivity contribution in [2.24, 2.45) is 0 Å². The summed E-state index contributed by atoms with van der Waals surface area (Å²) in [5.74, 6) is 0.887. The van der Waals surface area contributed by atoms with Crippen LogP contribution in [0, 0.1) is 0 Å². The molecular formula is C22H19N5O2S. The quantitative estimate of drug-likeness (QED) is 0.457. The predicted octanol–water partition coefficient (Wildman–Crippen LogP) is 4.07. The molecule has 150 valence electrons. The highest BCUT2D eigenvalue weighted by atomic mass is 32.2. The summed E-state index contributed by atoms with van der Waals surface area (Å²) in [5.41, 5.74) is 3.44. The fourth-order valence-electron chi connectivity index (χ4n) is 2.77. The van der Waals surface area contributed by atoms with E-state index in [4.69, 9.17) is 4.74 Å². The van der Waals surface area contributed by atoms with Gasteiger partial charge in [-0.25, -0.2) is 4.68 Å². The number of aromatic nitrogens is 4. The van der Waals surface area contributed by atoms with E-state index in [1.807, 2.05) is 48.7 Å². The average Bonchev–Trinajstić information content (AvgIpc) is 3.34. The Bertz CT molecular complexity index is 1100. The van der Waals surface area contributed by atoms with Crippen molar-refractivity contribution in [3.05, 3.63) is 79.1 Å². The maximum Gasteiger partial charge on any atom is 0.234 e. The third-order valence-electron chi connectivity index (χ3n) is 4.30. The van der Waals surface area contributed by atoms with E-state index in [1.165, 1.54) is 11.8 Å². The molecule has 30 heavy (non-hydrogen) atoms. The van der Waals surface area contributed by atoms with Gasteiger partial charge in [-0.15, -0.1) is 10.2 Å². The Morgan fingerprint density at radius 2 is 1.83 bits per heavy atom. The highest BCUT2D eigenvalue weighted by molar-refractivity contribution is 7.99. The Hall–Kier alpha value is -3.65. The highest BCUT2D eigenvalue weighted by Gasteiger charge is 2.07. The number of hydrogen-bond donors (Lipinski definition) is 1. The Labute approximate surface area is 178 Å². The number of hydrogen-bond acceptors (Lipinski definition) is 6. The molecule has 2 aromatic carbocycles. The molecule has 7 nitrogen and oxygen atoms in total. The fourth-order valence-corrected chi connectivity index (χ4v) is 3.38. The van der Waals surface area contributed by atoms with Gasteiger partial charge in [0.1, 0.15) is 10.8 Å². The van der Waals surface area contributed by atoms with Gasteiger partial charge in [-0.1, -0.05) is 23.9 Å². The summed E-state index contributed by atoms with van der Waals surface area (Å²) in [6.07, 6.45) is 3.64. The molecule has 4 aromatic rings. The van der Waals surface area contributed by atoms with Crippen molar-refractivity contribution < 1.29 is 9.53 Å². The Morgan fingerprint density at radius 1 is 1.03 bits per heavy atom. The zero-order chi connectivity index (χ0) is 20.8. The Balaban J connectivity index is 1.32. The second-order valence-electron chi connectivity index (χ2n) is 6.32. The van der Waals surface area contributed by atoms with Crippen LogP contribution in [0.2, 0.25) is 0 Å². The zero-order valence-corrected chi connectivity index (χ0v) is 17.0. The van der Waals surface area contributed by atoms with E-state index in [9.17, 15) is 4.79 Å². The lowest BCUT2D eigenvalue weighted by atomic mass is 10.1. The van der Waals surface area contributed by atoms with E-state index < -0.39 is 0 Å². The summed E-state index contributed by atoms with van der Waals surface area (Å²) in [6, 6.07) is 20.8. The molecular weight excluding hydrogens is 398 g/mol.